The quantitative estimate of drug-likeness (QED) is 0.633. The van der Waals surface area contributed by atoms with Crippen molar-refractivity contribution in [3.05, 3.63) is 34.9 Å². The number of esters is 1. The van der Waals surface area contributed by atoms with E-state index in [0.29, 0.717) is 5.56 Å². The standard InChI is InChI=1S/C15H17F2NO4/c1-15(2,3)21-12(19)7-9-4-5-11-10(6-9)8-20-13(11)18-22-14(16)17/h4-6,14H,7-8H2,1-3H3/b18-13-. The van der Waals surface area contributed by atoms with Gasteiger partial charge in [-0.05, 0) is 37.6 Å². The monoisotopic (exact) mass is 313 g/mol. The Morgan fingerprint density at radius 1 is 1.41 bits per heavy atom. The molecule has 0 amide bonds. The second-order valence-electron chi connectivity index (χ2n) is 5.81. The van der Waals surface area contributed by atoms with E-state index < -0.39 is 12.2 Å². The van der Waals surface area contributed by atoms with Gasteiger partial charge in [0.2, 0.25) is 0 Å². The topological polar surface area (TPSA) is 57.1 Å². The first-order chi connectivity index (χ1) is 10.2. The summed E-state index contributed by atoms with van der Waals surface area (Å²) < 4.78 is 34.4. The van der Waals surface area contributed by atoms with E-state index in [2.05, 4.69) is 9.99 Å². The lowest BCUT2D eigenvalue weighted by Gasteiger charge is -2.19. The van der Waals surface area contributed by atoms with E-state index in [4.69, 9.17) is 9.47 Å². The minimum atomic E-state index is -2.99. The van der Waals surface area contributed by atoms with Crippen LogP contribution in [0.15, 0.2) is 23.4 Å². The van der Waals surface area contributed by atoms with E-state index in [0.717, 1.165) is 11.1 Å². The molecule has 1 aromatic rings. The van der Waals surface area contributed by atoms with Gasteiger partial charge in [0, 0.05) is 11.1 Å². The van der Waals surface area contributed by atoms with Crippen LogP contribution in [0.3, 0.4) is 0 Å². The number of oxime groups is 1. The van der Waals surface area contributed by atoms with Crippen molar-refractivity contribution in [3.8, 4) is 0 Å². The summed E-state index contributed by atoms with van der Waals surface area (Å²) in [4.78, 5) is 15.7. The Morgan fingerprint density at radius 3 is 2.77 bits per heavy atom. The van der Waals surface area contributed by atoms with Crippen LogP contribution < -0.4 is 0 Å². The van der Waals surface area contributed by atoms with Gasteiger partial charge in [0.25, 0.3) is 5.90 Å². The van der Waals surface area contributed by atoms with Gasteiger partial charge in [-0.1, -0.05) is 12.1 Å². The molecule has 0 radical (unpaired) electrons. The molecule has 0 fully saturated rings. The molecule has 0 aromatic heterocycles. The summed E-state index contributed by atoms with van der Waals surface area (Å²) in [6.07, 6.45) is 0.130. The predicted octanol–water partition coefficient (Wildman–Crippen LogP) is 3.00. The molecule has 1 aliphatic rings. The van der Waals surface area contributed by atoms with Gasteiger partial charge in [-0.25, -0.2) is 0 Å². The van der Waals surface area contributed by atoms with Gasteiger partial charge in [0.05, 0.1) is 6.42 Å². The molecule has 1 aromatic carbocycles. The molecule has 0 saturated carbocycles. The zero-order valence-electron chi connectivity index (χ0n) is 12.6. The number of benzene rings is 1. The van der Waals surface area contributed by atoms with Crippen LogP contribution >= 0.6 is 0 Å². The van der Waals surface area contributed by atoms with Gasteiger partial charge >= 0.3 is 12.6 Å². The van der Waals surface area contributed by atoms with E-state index in [9.17, 15) is 13.6 Å². The molecule has 120 valence electrons. The lowest BCUT2D eigenvalue weighted by molar-refractivity contribution is -0.153. The highest BCUT2D eigenvalue weighted by Crippen LogP contribution is 2.23. The molecule has 0 aliphatic carbocycles. The van der Waals surface area contributed by atoms with Crippen LogP contribution in [0, 0.1) is 0 Å². The number of alkyl halides is 2. The third-order valence-electron chi connectivity index (χ3n) is 2.75. The van der Waals surface area contributed by atoms with Crippen molar-refractivity contribution in [3.63, 3.8) is 0 Å². The molecular formula is C15H17F2NO4. The molecule has 1 aliphatic heterocycles. The summed E-state index contributed by atoms with van der Waals surface area (Å²) in [7, 11) is 0. The number of halogens is 2. The van der Waals surface area contributed by atoms with Crippen molar-refractivity contribution >= 4 is 11.9 Å². The molecule has 5 nitrogen and oxygen atoms in total. The number of carbonyl (C=O) groups excluding carboxylic acids is 1. The molecule has 22 heavy (non-hydrogen) atoms. The van der Waals surface area contributed by atoms with Crippen molar-refractivity contribution in [2.75, 3.05) is 0 Å². The number of ether oxygens (including phenoxy) is 2. The van der Waals surface area contributed by atoms with Gasteiger partial charge in [-0.3, -0.25) is 4.79 Å². The second-order valence-corrected chi connectivity index (χ2v) is 5.81. The fourth-order valence-corrected chi connectivity index (χ4v) is 2.02. The molecule has 7 heteroatoms. The number of carbonyl (C=O) groups is 1. The van der Waals surface area contributed by atoms with E-state index in [1.54, 1.807) is 39.0 Å². The number of hydrogen-bond acceptors (Lipinski definition) is 5. The number of fused-ring (bicyclic) bond motifs is 1. The van der Waals surface area contributed by atoms with Crippen LogP contribution in [0.2, 0.25) is 0 Å². The molecule has 0 saturated heterocycles. The van der Waals surface area contributed by atoms with Crippen LogP contribution in [0.4, 0.5) is 8.78 Å². The van der Waals surface area contributed by atoms with Crippen LogP contribution in [0.1, 0.15) is 37.5 Å². The van der Waals surface area contributed by atoms with E-state index >= 15 is 0 Å². The Labute approximate surface area is 126 Å². The lowest BCUT2D eigenvalue weighted by Crippen LogP contribution is -2.24. The summed E-state index contributed by atoms with van der Waals surface area (Å²) in [5, 5.41) is 3.26. The smallest absolute Gasteiger partial charge is 0.408 e. The Kier molecular flexibility index (Phi) is 4.63. The Bertz CT molecular complexity index is 594. The highest BCUT2D eigenvalue weighted by atomic mass is 19.3. The normalized spacial score (nSPS) is 15.6. The SMILES string of the molecule is CC(C)(C)OC(=O)Cc1ccc2c(c1)CO/C2=N\OC(F)F. The average Bonchev–Trinajstić information content (AvgIpc) is 2.76. The summed E-state index contributed by atoms with van der Waals surface area (Å²) in [5.41, 5.74) is 1.56. The van der Waals surface area contributed by atoms with E-state index in [-0.39, 0.29) is 24.9 Å². The maximum absolute atomic E-state index is 12.0. The highest BCUT2D eigenvalue weighted by Gasteiger charge is 2.22. The predicted molar refractivity (Wildman–Crippen MR) is 74.4 cm³/mol. The summed E-state index contributed by atoms with van der Waals surface area (Å²) in [6, 6.07) is 5.13. The van der Waals surface area contributed by atoms with Gasteiger partial charge in [0.15, 0.2) is 0 Å². The number of rotatable bonds is 4. The fraction of sp³-hybridized carbons (Fsp3) is 0.467. The van der Waals surface area contributed by atoms with Gasteiger partial charge in [-0.2, -0.15) is 8.78 Å². The number of hydrogen-bond donors (Lipinski definition) is 0. The third kappa shape index (κ3) is 4.41. The van der Waals surface area contributed by atoms with Crippen LogP contribution in [0.5, 0.6) is 0 Å². The van der Waals surface area contributed by atoms with Crippen LogP contribution in [-0.2, 0) is 32.1 Å². The first-order valence-corrected chi connectivity index (χ1v) is 6.73. The van der Waals surface area contributed by atoms with Crippen molar-refractivity contribution in [2.24, 2.45) is 5.16 Å². The summed E-state index contributed by atoms with van der Waals surface area (Å²) in [5.74, 6) is -0.319. The number of nitrogens with zero attached hydrogens (tertiary/aromatic N) is 1. The van der Waals surface area contributed by atoms with Gasteiger partial charge in [-0.15, -0.1) is 0 Å². The van der Waals surface area contributed by atoms with Crippen molar-refractivity contribution in [1.82, 2.24) is 0 Å². The Balaban J connectivity index is 2.07. The minimum absolute atomic E-state index is 0.0131. The van der Waals surface area contributed by atoms with Crippen molar-refractivity contribution in [1.29, 1.82) is 0 Å². The maximum Gasteiger partial charge on any atom is 0.408 e. The molecule has 0 unspecified atom stereocenters. The Hall–Kier alpha value is -2.18. The molecule has 0 bridgehead atoms. The van der Waals surface area contributed by atoms with E-state index in [1.807, 2.05) is 0 Å². The zero-order valence-corrected chi connectivity index (χ0v) is 12.6. The third-order valence-corrected chi connectivity index (χ3v) is 2.75. The van der Waals surface area contributed by atoms with Crippen molar-refractivity contribution in [2.45, 2.75) is 46.0 Å². The van der Waals surface area contributed by atoms with Crippen LogP contribution in [-0.4, -0.2) is 24.1 Å². The van der Waals surface area contributed by atoms with Gasteiger partial charge < -0.3 is 14.3 Å². The minimum Gasteiger partial charge on any atom is -0.470 e. The average molecular weight is 313 g/mol. The molecule has 0 N–H and O–H groups in total. The van der Waals surface area contributed by atoms with E-state index in [1.165, 1.54) is 0 Å². The molecule has 2 rings (SSSR count). The fourth-order valence-electron chi connectivity index (χ4n) is 2.02. The maximum atomic E-state index is 12.0. The lowest BCUT2D eigenvalue weighted by atomic mass is 10.0. The zero-order chi connectivity index (χ0) is 16.3. The largest absolute Gasteiger partial charge is 0.470 e. The molecule has 0 spiro atoms. The molecule has 0 atom stereocenters. The molecule has 1 heterocycles. The first kappa shape index (κ1) is 16.2. The van der Waals surface area contributed by atoms with Crippen LogP contribution in [0.25, 0.3) is 0 Å². The van der Waals surface area contributed by atoms with Crippen molar-refractivity contribution < 1.29 is 27.9 Å². The highest BCUT2D eigenvalue weighted by molar-refractivity contribution is 5.97. The first-order valence-electron chi connectivity index (χ1n) is 6.73. The Morgan fingerprint density at radius 2 is 2.14 bits per heavy atom. The summed E-state index contributed by atoms with van der Waals surface area (Å²) >= 11 is 0. The summed E-state index contributed by atoms with van der Waals surface area (Å²) in [6.45, 7) is 2.60. The molecular weight excluding hydrogens is 296 g/mol. The second kappa shape index (κ2) is 6.29. The van der Waals surface area contributed by atoms with Gasteiger partial charge in [0.1, 0.15) is 12.2 Å².